The van der Waals surface area contributed by atoms with E-state index in [0.29, 0.717) is 0 Å². The van der Waals surface area contributed by atoms with Crippen LogP contribution in [0.15, 0.2) is 6.07 Å². The highest BCUT2D eigenvalue weighted by Crippen LogP contribution is 2.24. The van der Waals surface area contributed by atoms with Gasteiger partial charge in [-0.1, -0.05) is 25.2 Å². The molecule has 0 unspecified atom stereocenters. The third-order valence-electron chi connectivity index (χ3n) is 3.24. The molecule has 0 saturated heterocycles. The maximum atomic E-state index is 4.58. The Bertz CT molecular complexity index is 706. The predicted octanol–water partition coefficient (Wildman–Crippen LogP) is 1.73. The van der Waals surface area contributed by atoms with E-state index in [1.165, 1.54) is 11.3 Å². The van der Waals surface area contributed by atoms with E-state index in [1.807, 2.05) is 17.5 Å². The first-order chi connectivity index (χ1) is 9.71. The van der Waals surface area contributed by atoms with Crippen LogP contribution in [-0.4, -0.2) is 48.0 Å². The lowest BCUT2D eigenvalue weighted by atomic mass is 10.4. The van der Waals surface area contributed by atoms with Gasteiger partial charge >= 0.3 is 0 Å². The minimum absolute atomic E-state index is 0.761. The maximum absolute atomic E-state index is 4.58. The van der Waals surface area contributed by atoms with Crippen LogP contribution in [0.1, 0.15) is 25.4 Å². The zero-order valence-electron chi connectivity index (χ0n) is 11.8. The quantitative estimate of drug-likeness (QED) is 0.775. The third-order valence-corrected chi connectivity index (χ3v) is 4.16. The van der Waals surface area contributed by atoms with Gasteiger partial charge in [0.1, 0.15) is 5.69 Å². The largest absolute Gasteiger partial charge is 0.296 e. The number of aromatic nitrogens is 6. The molecule has 0 fully saturated rings. The highest BCUT2D eigenvalue weighted by atomic mass is 32.1. The molecule has 0 saturated carbocycles. The number of rotatable bonds is 5. The van der Waals surface area contributed by atoms with Crippen LogP contribution < -0.4 is 0 Å². The Labute approximate surface area is 120 Å². The molecule has 0 aliphatic rings. The standard InChI is InChI=1S/C12H17N7S/c1-4-18(5-2)7-10-15-16-12-19(10)17-11(20-12)9-6-8(3)13-14-9/h6H,4-5,7H2,1-3H3,(H,13,14). The molecule has 0 bridgehead atoms. The van der Waals surface area contributed by atoms with Crippen LogP contribution >= 0.6 is 11.3 Å². The highest BCUT2D eigenvalue weighted by Gasteiger charge is 2.15. The molecule has 0 aliphatic heterocycles. The van der Waals surface area contributed by atoms with Crippen molar-refractivity contribution in [1.82, 2.24) is 34.9 Å². The molecule has 3 heterocycles. The Kier molecular flexibility index (Phi) is 3.49. The second-order valence-corrected chi connectivity index (χ2v) is 5.57. The van der Waals surface area contributed by atoms with Crippen LogP contribution in [0.25, 0.3) is 15.7 Å². The summed E-state index contributed by atoms with van der Waals surface area (Å²) in [5.41, 5.74) is 1.88. The van der Waals surface area contributed by atoms with E-state index in [-0.39, 0.29) is 0 Å². The number of hydrogen-bond acceptors (Lipinski definition) is 6. The fourth-order valence-corrected chi connectivity index (χ4v) is 2.85. The van der Waals surface area contributed by atoms with Crippen LogP contribution in [0, 0.1) is 6.92 Å². The van der Waals surface area contributed by atoms with Gasteiger partial charge in [0.05, 0.1) is 6.54 Å². The summed E-state index contributed by atoms with van der Waals surface area (Å²) >= 11 is 1.50. The number of nitrogens with one attached hydrogen (secondary N) is 1. The second kappa shape index (κ2) is 5.29. The van der Waals surface area contributed by atoms with Gasteiger partial charge in [0, 0.05) is 5.69 Å². The second-order valence-electron chi connectivity index (χ2n) is 4.62. The molecule has 0 aliphatic carbocycles. The molecule has 3 aromatic heterocycles. The van der Waals surface area contributed by atoms with Gasteiger partial charge in [-0.15, -0.1) is 10.2 Å². The van der Waals surface area contributed by atoms with Crippen molar-refractivity contribution in [3.8, 4) is 10.7 Å². The average Bonchev–Trinajstić information content (AvgIpc) is 3.11. The molecule has 8 heteroatoms. The summed E-state index contributed by atoms with van der Waals surface area (Å²) in [5, 5.41) is 21.0. The summed E-state index contributed by atoms with van der Waals surface area (Å²) in [6.45, 7) is 8.99. The summed E-state index contributed by atoms with van der Waals surface area (Å²) < 4.78 is 1.82. The lowest BCUT2D eigenvalue weighted by molar-refractivity contribution is 0.286. The van der Waals surface area contributed by atoms with E-state index in [4.69, 9.17) is 0 Å². The van der Waals surface area contributed by atoms with E-state index in [9.17, 15) is 0 Å². The molecule has 0 spiro atoms. The Balaban J connectivity index is 1.94. The van der Waals surface area contributed by atoms with E-state index >= 15 is 0 Å². The molecule has 0 atom stereocenters. The number of nitrogens with zero attached hydrogens (tertiary/aromatic N) is 6. The first-order valence-corrected chi connectivity index (χ1v) is 7.48. The third kappa shape index (κ3) is 2.32. The number of aromatic amines is 1. The smallest absolute Gasteiger partial charge is 0.235 e. The molecule has 7 nitrogen and oxygen atoms in total. The van der Waals surface area contributed by atoms with Gasteiger partial charge in [-0.2, -0.15) is 14.7 Å². The molecule has 0 radical (unpaired) electrons. The predicted molar refractivity (Wildman–Crippen MR) is 77.6 cm³/mol. The minimum atomic E-state index is 0.761. The number of fused-ring (bicyclic) bond motifs is 1. The van der Waals surface area contributed by atoms with Crippen molar-refractivity contribution >= 4 is 16.3 Å². The van der Waals surface area contributed by atoms with Gasteiger partial charge in [-0.25, -0.2) is 0 Å². The fourth-order valence-electron chi connectivity index (χ4n) is 2.03. The lowest BCUT2D eigenvalue weighted by Gasteiger charge is -2.15. The average molecular weight is 291 g/mol. The summed E-state index contributed by atoms with van der Waals surface area (Å²) in [5.74, 6) is 0.874. The molecule has 20 heavy (non-hydrogen) atoms. The first kappa shape index (κ1) is 13.2. The van der Waals surface area contributed by atoms with Gasteiger partial charge in [-0.3, -0.25) is 10.00 Å². The van der Waals surface area contributed by atoms with E-state index in [2.05, 4.69) is 44.2 Å². The van der Waals surface area contributed by atoms with E-state index < -0.39 is 0 Å². The van der Waals surface area contributed by atoms with Crippen molar-refractivity contribution in [2.45, 2.75) is 27.3 Å². The molecule has 3 rings (SSSR count). The Morgan fingerprint density at radius 1 is 1.30 bits per heavy atom. The molecular formula is C12H17N7S. The van der Waals surface area contributed by atoms with Crippen LogP contribution in [0.5, 0.6) is 0 Å². The molecular weight excluding hydrogens is 274 g/mol. The van der Waals surface area contributed by atoms with E-state index in [1.54, 1.807) is 0 Å². The van der Waals surface area contributed by atoms with Gasteiger partial charge in [0.15, 0.2) is 10.8 Å². The first-order valence-electron chi connectivity index (χ1n) is 6.67. The topological polar surface area (TPSA) is 75.0 Å². The zero-order chi connectivity index (χ0) is 14.1. The van der Waals surface area contributed by atoms with Crippen molar-refractivity contribution in [3.05, 3.63) is 17.6 Å². The van der Waals surface area contributed by atoms with Gasteiger partial charge < -0.3 is 0 Å². The fraction of sp³-hybridized carbons (Fsp3) is 0.500. The normalized spacial score (nSPS) is 11.8. The van der Waals surface area contributed by atoms with Crippen molar-refractivity contribution in [3.63, 3.8) is 0 Å². The minimum Gasteiger partial charge on any atom is -0.296 e. The number of H-pyrrole nitrogens is 1. The summed E-state index contributed by atoms with van der Waals surface area (Å²) in [7, 11) is 0. The van der Waals surface area contributed by atoms with Crippen molar-refractivity contribution < 1.29 is 0 Å². The maximum Gasteiger partial charge on any atom is 0.235 e. The van der Waals surface area contributed by atoms with Gasteiger partial charge in [0.2, 0.25) is 4.96 Å². The Morgan fingerprint density at radius 3 is 2.75 bits per heavy atom. The summed E-state index contributed by atoms with van der Waals surface area (Å²) in [6.07, 6.45) is 0. The monoisotopic (exact) mass is 291 g/mol. The highest BCUT2D eigenvalue weighted by molar-refractivity contribution is 7.19. The van der Waals surface area contributed by atoms with Gasteiger partial charge in [-0.05, 0) is 26.1 Å². The van der Waals surface area contributed by atoms with Crippen LogP contribution in [0.4, 0.5) is 0 Å². The van der Waals surface area contributed by atoms with Crippen LogP contribution in [-0.2, 0) is 6.54 Å². The summed E-state index contributed by atoms with van der Waals surface area (Å²) in [4.78, 5) is 3.09. The molecule has 106 valence electrons. The summed E-state index contributed by atoms with van der Waals surface area (Å²) in [6, 6.07) is 1.98. The number of aryl methyl sites for hydroxylation is 1. The Morgan fingerprint density at radius 2 is 2.10 bits per heavy atom. The van der Waals surface area contributed by atoms with Crippen LogP contribution in [0.3, 0.4) is 0 Å². The molecule has 0 amide bonds. The Hall–Kier alpha value is -1.80. The SMILES string of the molecule is CCN(CC)Cc1nnc2sc(-c3cc(C)[nH]n3)nn12. The molecule has 3 aromatic rings. The van der Waals surface area contributed by atoms with Crippen molar-refractivity contribution in [1.29, 1.82) is 0 Å². The zero-order valence-corrected chi connectivity index (χ0v) is 12.6. The van der Waals surface area contributed by atoms with E-state index in [0.717, 1.165) is 46.8 Å². The lowest BCUT2D eigenvalue weighted by Crippen LogP contribution is -2.23. The van der Waals surface area contributed by atoms with Gasteiger partial charge in [0.25, 0.3) is 0 Å². The molecule has 1 N–H and O–H groups in total. The van der Waals surface area contributed by atoms with Crippen LogP contribution in [0.2, 0.25) is 0 Å². The van der Waals surface area contributed by atoms with Crippen molar-refractivity contribution in [2.75, 3.05) is 13.1 Å². The number of hydrogen-bond donors (Lipinski definition) is 1. The van der Waals surface area contributed by atoms with Crippen molar-refractivity contribution in [2.24, 2.45) is 0 Å². The molecule has 0 aromatic carbocycles.